The molecule has 0 aliphatic heterocycles. The molecule has 0 unspecified atom stereocenters. The highest BCUT2D eigenvalue weighted by molar-refractivity contribution is 7.14. The molecule has 0 bridgehead atoms. The van der Waals surface area contributed by atoms with Crippen molar-refractivity contribution in [2.45, 2.75) is 40.3 Å². The fraction of sp³-hybridized carbons (Fsp3) is 0.462. The molecular weight excluding hydrogens is 260 g/mol. The van der Waals surface area contributed by atoms with E-state index in [1.807, 2.05) is 24.5 Å². The van der Waals surface area contributed by atoms with Crippen LogP contribution in [-0.2, 0) is 19.5 Å². The molecule has 0 saturated carbocycles. The van der Waals surface area contributed by atoms with E-state index in [1.54, 1.807) is 6.33 Å². The molecule has 0 aliphatic rings. The lowest BCUT2D eigenvalue weighted by Gasteiger charge is -2.04. The van der Waals surface area contributed by atoms with Gasteiger partial charge >= 0.3 is 0 Å². The van der Waals surface area contributed by atoms with E-state index in [4.69, 9.17) is 0 Å². The predicted molar refractivity (Wildman–Crippen MR) is 75.3 cm³/mol. The summed E-state index contributed by atoms with van der Waals surface area (Å²) in [7, 11) is 0. The molecule has 0 radical (unpaired) electrons. The minimum atomic E-state index is -0.0431. The molecule has 19 heavy (non-hydrogen) atoms. The van der Waals surface area contributed by atoms with Gasteiger partial charge in [-0.05, 0) is 31.9 Å². The summed E-state index contributed by atoms with van der Waals surface area (Å²) < 4.78 is 1.91. The molecule has 1 N–H and O–H groups in total. The van der Waals surface area contributed by atoms with Gasteiger partial charge < -0.3 is 9.88 Å². The molecule has 0 saturated heterocycles. The van der Waals surface area contributed by atoms with E-state index in [1.165, 1.54) is 21.8 Å². The third-order valence-corrected chi connectivity index (χ3v) is 4.16. The van der Waals surface area contributed by atoms with E-state index in [9.17, 15) is 4.79 Å². The molecule has 5 nitrogen and oxygen atoms in total. The van der Waals surface area contributed by atoms with E-state index < -0.39 is 0 Å². The van der Waals surface area contributed by atoms with Crippen molar-refractivity contribution < 1.29 is 4.79 Å². The normalized spacial score (nSPS) is 10.7. The number of amides is 1. The summed E-state index contributed by atoms with van der Waals surface area (Å²) in [6, 6.07) is 1.97. The van der Waals surface area contributed by atoms with Crippen molar-refractivity contribution in [1.82, 2.24) is 20.1 Å². The monoisotopic (exact) mass is 278 g/mol. The average molecular weight is 278 g/mol. The van der Waals surface area contributed by atoms with Gasteiger partial charge in [0.05, 0.1) is 11.4 Å². The highest BCUT2D eigenvalue weighted by Crippen LogP contribution is 2.21. The molecule has 2 aromatic heterocycles. The number of thiophene rings is 1. The lowest BCUT2D eigenvalue weighted by atomic mass is 10.2. The summed E-state index contributed by atoms with van der Waals surface area (Å²) in [5.41, 5.74) is 1.24. The first-order valence-corrected chi connectivity index (χ1v) is 7.21. The predicted octanol–water partition coefficient (Wildman–Crippen LogP) is 2.16. The number of carbonyl (C=O) groups excluding carboxylic acids is 1. The molecule has 102 valence electrons. The van der Waals surface area contributed by atoms with Gasteiger partial charge in [0.1, 0.15) is 6.33 Å². The van der Waals surface area contributed by atoms with Gasteiger partial charge in [0.25, 0.3) is 5.91 Å². The first kappa shape index (κ1) is 13.7. The van der Waals surface area contributed by atoms with Crippen LogP contribution in [-0.4, -0.2) is 20.7 Å². The number of nitrogens with one attached hydrogen (secondary N) is 1. The second-order valence-corrected chi connectivity index (χ2v) is 5.52. The molecule has 0 spiro atoms. The highest BCUT2D eigenvalue weighted by Gasteiger charge is 2.12. The summed E-state index contributed by atoms with van der Waals surface area (Å²) in [5, 5.41) is 10.7. The number of carbonyl (C=O) groups is 1. The SMILES string of the molecule is CCc1cc(C(=O)NCc2nncn2CC)sc1C. The van der Waals surface area contributed by atoms with Gasteiger partial charge in [-0.25, -0.2) is 0 Å². The van der Waals surface area contributed by atoms with Crippen LogP contribution in [0.4, 0.5) is 0 Å². The maximum atomic E-state index is 12.1. The number of nitrogens with zero attached hydrogens (tertiary/aromatic N) is 3. The van der Waals surface area contributed by atoms with Crippen LogP contribution >= 0.6 is 11.3 Å². The van der Waals surface area contributed by atoms with Gasteiger partial charge in [-0.15, -0.1) is 21.5 Å². The first-order valence-electron chi connectivity index (χ1n) is 6.39. The van der Waals surface area contributed by atoms with Crippen molar-refractivity contribution in [3.05, 3.63) is 33.5 Å². The Kier molecular flexibility index (Phi) is 4.31. The molecule has 0 aromatic carbocycles. The Morgan fingerprint density at radius 3 is 2.89 bits per heavy atom. The van der Waals surface area contributed by atoms with Crippen LogP contribution in [0.2, 0.25) is 0 Å². The zero-order valence-corrected chi connectivity index (χ0v) is 12.3. The summed E-state index contributed by atoms with van der Waals surface area (Å²) in [6.45, 7) is 7.38. The minimum absolute atomic E-state index is 0.0431. The van der Waals surface area contributed by atoms with Gasteiger partial charge in [-0.1, -0.05) is 6.92 Å². The smallest absolute Gasteiger partial charge is 0.261 e. The summed E-state index contributed by atoms with van der Waals surface area (Å²) >= 11 is 1.54. The molecule has 0 atom stereocenters. The molecule has 1 amide bonds. The minimum Gasteiger partial charge on any atom is -0.344 e. The molecule has 2 rings (SSSR count). The maximum absolute atomic E-state index is 12.1. The molecule has 2 heterocycles. The van der Waals surface area contributed by atoms with E-state index in [2.05, 4.69) is 22.4 Å². The zero-order valence-electron chi connectivity index (χ0n) is 11.4. The first-order chi connectivity index (χ1) is 9.15. The number of aryl methyl sites for hydroxylation is 3. The van der Waals surface area contributed by atoms with Gasteiger partial charge in [0, 0.05) is 11.4 Å². The average Bonchev–Trinajstić information content (AvgIpc) is 3.01. The van der Waals surface area contributed by atoms with Crippen LogP contribution in [0.1, 0.15) is 39.8 Å². The highest BCUT2D eigenvalue weighted by atomic mass is 32.1. The zero-order chi connectivity index (χ0) is 13.8. The molecule has 2 aromatic rings. The Morgan fingerprint density at radius 2 is 2.26 bits per heavy atom. The van der Waals surface area contributed by atoms with Crippen LogP contribution in [0.25, 0.3) is 0 Å². The molecule has 0 fully saturated rings. The van der Waals surface area contributed by atoms with Crippen molar-refractivity contribution in [2.75, 3.05) is 0 Å². The van der Waals surface area contributed by atoms with E-state index >= 15 is 0 Å². The summed E-state index contributed by atoms with van der Waals surface area (Å²) in [4.78, 5) is 14.0. The van der Waals surface area contributed by atoms with Crippen LogP contribution in [0.5, 0.6) is 0 Å². The van der Waals surface area contributed by atoms with Crippen LogP contribution in [0.15, 0.2) is 12.4 Å². The number of rotatable bonds is 5. The summed E-state index contributed by atoms with van der Waals surface area (Å²) in [6.07, 6.45) is 2.63. The third kappa shape index (κ3) is 3.01. The van der Waals surface area contributed by atoms with E-state index in [0.29, 0.717) is 6.54 Å². The van der Waals surface area contributed by atoms with E-state index in [0.717, 1.165) is 23.7 Å². The Labute approximate surface area is 116 Å². The second kappa shape index (κ2) is 5.97. The van der Waals surface area contributed by atoms with Crippen molar-refractivity contribution in [2.24, 2.45) is 0 Å². The fourth-order valence-corrected chi connectivity index (χ4v) is 2.94. The topological polar surface area (TPSA) is 59.8 Å². The molecule has 6 heteroatoms. The lowest BCUT2D eigenvalue weighted by Crippen LogP contribution is -2.23. The van der Waals surface area contributed by atoms with Crippen molar-refractivity contribution in [1.29, 1.82) is 0 Å². The second-order valence-electron chi connectivity index (χ2n) is 4.26. The Balaban J connectivity index is 2.01. The standard InChI is InChI=1S/C13H18N4OS/c1-4-10-6-11(19-9(10)3)13(18)14-7-12-16-15-8-17(12)5-2/h6,8H,4-5,7H2,1-3H3,(H,14,18). The van der Waals surface area contributed by atoms with Crippen molar-refractivity contribution in [3.8, 4) is 0 Å². The van der Waals surface area contributed by atoms with Crippen molar-refractivity contribution in [3.63, 3.8) is 0 Å². The lowest BCUT2D eigenvalue weighted by molar-refractivity contribution is 0.0953. The van der Waals surface area contributed by atoms with E-state index in [-0.39, 0.29) is 5.91 Å². The fourth-order valence-electron chi connectivity index (χ4n) is 1.91. The van der Waals surface area contributed by atoms with Crippen LogP contribution < -0.4 is 5.32 Å². The third-order valence-electron chi connectivity index (χ3n) is 3.07. The van der Waals surface area contributed by atoms with Gasteiger partial charge in [-0.2, -0.15) is 0 Å². The Morgan fingerprint density at radius 1 is 1.47 bits per heavy atom. The van der Waals surface area contributed by atoms with Gasteiger partial charge in [0.2, 0.25) is 0 Å². The quantitative estimate of drug-likeness (QED) is 0.911. The largest absolute Gasteiger partial charge is 0.344 e. The van der Waals surface area contributed by atoms with Crippen LogP contribution in [0, 0.1) is 6.92 Å². The summed E-state index contributed by atoms with van der Waals surface area (Å²) in [5.74, 6) is 0.735. The Bertz CT molecular complexity index is 573. The van der Waals surface area contributed by atoms with Gasteiger partial charge in [-0.3, -0.25) is 4.79 Å². The van der Waals surface area contributed by atoms with Crippen LogP contribution in [0.3, 0.4) is 0 Å². The number of hydrogen-bond acceptors (Lipinski definition) is 4. The maximum Gasteiger partial charge on any atom is 0.261 e. The number of aromatic nitrogens is 3. The van der Waals surface area contributed by atoms with Crippen molar-refractivity contribution >= 4 is 17.2 Å². The van der Waals surface area contributed by atoms with Gasteiger partial charge in [0.15, 0.2) is 5.82 Å². The molecule has 0 aliphatic carbocycles. The number of hydrogen-bond donors (Lipinski definition) is 1. The molecular formula is C13H18N4OS. The Hall–Kier alpha value is -1.69.